The molecule has 0 rings (SSSR count). The van der Waals surface area contributed by atoms with Crippen molar-refractivity contribution in [3.05, 3.63) is 17.7 Å². The van der Waals surface area contributed by atoms with Crippen LogP contribution in [0.25, 0.3) is 0 Å². The molecule has 0 saturated carbocycles. The first kappa shape index (κ1) is 7.54. The van der Waals surface area contributed by atoms with Gasteiger partial charge in [-0.3, -0.25) is 4.99 Å². The highest BCUT2D eigenvalue weighted by atomic mass is 32.2. The van der Waals surface area contributed by atoms with E-state index in [4.69, 9.17) is 0 Å². The van der Waals surface area contributed by atoms with Gasteiger partial charge in [0.15, 0.2) is 0 Å². The van der Waals surface area contributed by atoms with E-state index in [0.29, 0.717) is 0 Å². The lowest BCUT2D eigenvalue weighted by Gasteiger charge is -1.85. The van der Waals surface area contributed by atoms with Crippen LogP contribution in [-0.2, 0) is 0 Å². The highest BCUT2D eigenvalue weighted by Gasteiger charge is 1.80. The molecule has 0 aliphatic carbocycles. The second-order valence-corrected chi connectivity index (χ2v) is 2.24. The van der Waals surface area contributed by atoms with Gasteiger partial charge in [-0.25, -0.2) is 0 Å². The SMILES string of the molecule is C=C=CSC(C)=NC. The quantitative estimate of drug-likeness (QED) is 0.298. The predicted octanol–water partition coefficient (Wildman–Crippen LogP) is 2.07. The first-order valence-corrected chi connectivity index (χ1v) is 3.13. The van der Waals surface area contributed by atoms with Crippen LogP contribution in [0.1, 0.15) is 6.92 Å². The first-order chi connectivity index (χ1) is 3.81. The Morgan fingerprint density at radius 2 is 2.50 bits per heavy atom. The van der Waals surface area contributed by atoms with E-state index in [2.05, 4.69) is 17.3 Å². The molecule has 0 unspecified atom stereocenters. The van der Waals surface area contributed by atoms with E-state index in [-0.39, 0.29) is 0 Å². The van der Waals surface area contributed by atoms with E-state index < -0.39 is 0 Å². The van der Waals surface area contributed by atoms with Crippen molar-refractivity contribution < 1.29 is 0 Å². The maximum atomic E-state index is 3.91. The van der Waals surface area contributed by atoms with E-state index in [1.165, 1.54) is 11.8 Å². The van der Waals surface area contributed by atoms with Gasteiger partial charge < -0.3 is 0 Å². The third-order valence-corrected chi connectivity index (χ3v) is 1.44. The number of hydrogen-bond acceptors (Lipinski definition) is 2. The van der Waals surface area contributed by atoms with Gasteiger partial charge in [0.2, 0.25) is 0 Å². The van der Waals surface area contributed by atoms with Crippen molar-refractivity contribution in [2.75, 3.05) is 7.05 Å². The fraction of sp³-hybridized carbons (Fsp3) is 0.333. The average molecular weight is 127 g/mol. The summed E-state index contributed by atoms with van der Waals surface area (Å²) in [6.45, 7) is 5.35. The zero-order chi connectivity index (χ0) is 6.41. The first-order valence-electron chi connectivity index (χ1n) is 2.25. The Labute approximate surface area is 54.2 Å². The number of thioether (sulfide) groups is 1. The van der Waals surface area contributed by atoms with Gasteiger partial charge in [-0.05, 0) is 6.92 Å². The summed E-state index contributed by atoms with van der Waals surface area (Å²) in [6.07, 6.45) is 0. The van der Waals surface area contributed by atoms with Crippen LogP contribution >= 0.6 is 11.8 Å². The number of aliphatic imine (C=N–C) groups is 1. The topological polar surface area (TPSA) is 12.4 Å². The largest absolute Gasteiger partial charge is 0.286 e. The normalized spacial score (nSPS) is 10.5. The number of hydrogen-bond donors (Lipinski definition) is 0. The lowest BCUT2D eigenvalue weighted by atomic mass is 10.9. The average Bonchev–Trinajstić information content (AvgIpc) is 1.83. The van der Waals surface area contributed by atoms with Crippen molar-refractivity contribution >= 4 is 16.8 Å². The van der Waals surface area contributed by atoms with Crippen LogP contribution in [0.3, 0.4) is 0 Å². The van der Waals surface area contributed by atoms with Gasteiger partial charge in [0.1, 0.15) is 0 Å². The summed E-state index contributed by atoms with van der Waals surface area (Å²) in [5.41, 5.74) is 2.64. The van der Waals surface area contributed by atoms with Gasteiger partial charge in [-0.1, -0.05) is 18.3 Å². The molecule has 0 aromatic heterocycles. The van der Waals surface area contributed by atoms with Crippen molar-refractivity contribution in [3.8, 4) is 0 Å². The lowest BCUT2D eigenvalue weighted by molar-refractivity contribution is 1.45. The summed E-state index contributed by atoms with van der Waals surface area (Å²) < 4.78 is 0. The molecule has 2 heteroatoms. The molecule has 0 N–H and O–H groups in total. The van der Waals surface area contributed by atoms with E-state index >= 15 is 0 Å². The molecule has 0 radical (unpaired) electrons. The van der Waals surface area contributed by atoms with Crippen molar-refractivity contribution in [1.29, 1.82) is 0 Å². The van der Waals surface area contributed by atoms with Gasteiger partial charge in [0, 0.05) is 12.5 Å². The lowest BCUT2D eigenvalue weighted by Crippen LogP contribution is -1.75. The Hall–Kier alpha value is -0.460. The molecule has 0 fully saturated rings. The molecule has 0 atom stereocenters. The van der Waals surface area contributed by atoms with Gasteiger partial charge in [0.25, 0.3) is 0 Å². The van der Waals surface area contributed by atoms with Crippen LogP contribution in [0, 0.1) is 0 Å². The van der Waals surface area contributed by atoms with E-state index in [9.17, 15) is 0 Å². The van der Waals surface area contributed by atoms with Crippen LogP contribution < -0.4 is 0 Å². The molecule has 0 spiro atoms. The molecule has 0 amide bonds. The summed E-state index contributed by atoms with van der Waals surface area (Å²) in [4.78, 5) is 3.91. The van der Waals surface area contributed by atoms with Gasteiger partial charge in [-0.15, -0.1) is 5.73 Å². The standard InChI is InChI=1S/C6H9NS/c1-4-5-8-6(2)7-3/h5H,1H2,2-3H3. The number of rotatable bonds is 1. The van der Waals surface area contributed by atoms with Crippen LogP contribution in [0.15, 0.2) is 22.7 Å². The summed E-state index contributed by atoms with van der Waals surface area (Å²) in [5.74, 6) is 0. The molecule has 0 aromatic carbocycles. The molecular weight excluding hydrogens is 118 g/mol. The number of nitrogens with zero attached hydrogens (tertiary/aromatic N) is 1. The molecule has 1 nitrogen and oxygen atoms in total. The van der Waals surface area contributed by atoms with Crippen LogP contribution in [0.2, 0.25) is 0 Å². The van der Waals surface area contributed by atoms with E-state index in [0.717, 1.165) is 5.04 Å². The predicted molar refractivity (Wildman–Crippen MR) is 40.3 cm³/mol. The molecular formula is C6H9NS. The Balaban J connectivity index is 3.55. The van der Waals surface area contributed by atoms with Gasteiger partial charge >= 0.3 is 0 Å². The molecule has 0 heterocycles. The molecule has 0 saturated heterocycles. The third kappa shape index (κ3) is 3.72. The summed E-state index contributed by atoms with van der Waals surface area (Å²) in [5, 5.41) is 2.81. The van der Waals surface area contributed by atoms with Crippen molar-refractivity contribution in [2.45, 2.75) is 6.92 Å². The highest BCUT2D eigenvalue weighted by molar-refractivity contribution is 8.16. The molecule has 44 valence electrons. The summed E-state index contributed by atoms with van der Waals surface area (Å²) in [6, 6.07) is 0. The Morgan fingerprint density at radius 3 is 2.88 bits per heavy atom. The Bertz CT molecular complexity index is 131. The fourth-order valence-corrected chi connectivity index (χ4v) is 0.539. The second kappa shape index (κ2) is 4.69. The zero-order valence-electron chi connectivity index (χ0n) is 5.14. The van der Waals surface area contributed by atoms with Crippen molar-refractivity contribution in [3.63, 3.8) is 0 Å². The van der Waals surface area contributed by atoms with Crippen LogP contribution in [0.5, 0.6) is 0 Å². The smallest absolute Gasteiger partial charge is 0.0689 e. The summed E-state index contributed by atoms with van der Waals surface area (Å²) in [7, 11) is 1.76. The minimum Gasteiger partial charge on any atom is -0.286 e. The molecule has 0 aromatic rings. The van der Waals surface area contributed by atoms with Gasteiger partial charge in [0.05, 0.1) is 5.04 Å². The highest BCUT2D eigenvalue weighted by Crippen LogP contribution is 2.02. The van der Waals surface area contributed by atoms with Crippen LogP contribution in [-0.4, -0.2) is 12.1 Å². The Kier molecular flexibility index (Phi) is 4.42. The molecule has 0 bridgehead atoms. The maximum Gasteiger partial charge on any atom is 0.0689 e. The van der Waals surface area contributed by atoms with Crippen molar-refractivity contribution in [1.82, 2.24) is 0 Å². The minimum absolute atomic E-state index is 1.03. The van der Waals surface area contributed by atoms with Gasteiger partial charge in [-0.2, -0.15) is 0 Å². The van der Waals surface area contributed by atoms with Crippen molar-refractivity contribution in [2.24, 2.45) is 4.99 Å². The molecule has 0 aliphatic heterocycles. The Morgan fingerprint density at radius 1 is 1.88 bits per heavy atom. The van der Waals surface area contributed by atoms with Crippen LogP contribution in [0.4, 0.5) is 0 Å². The monoisotopic (exact) mass is 127 g/mol. The third-order valence-electron chi connectivity index (χ3n) is 0.628. The van der Waals surface area contributed by atoms with E-state index in [1.54, 1.807) is 12.5 Å². The summed E-state index contributed by atoms with van der Waals surface area (Å²) >= 11 is 1.53. The van der Waals surface area contributed by atoms with E-state index in [1.807, 2.05) is 6.92 Å². The molecule has 0 aliphatic rings. The zero-order valence-corrected chi connectivity index (χ0v) is 5.96. The second-order valence-electron chi connectivity index (χ2n) is 1.18. The molecule has 8 heavy (non-hydrogen) atoms. The minimum atomic E-state index is 1.03. The maximum absolute atomic E-state index is 3.91. The fourth-order valence-electron chi connectivity index (χ4n) is 0.180.